The lowest BCUT2D eigenvalue weighted by molar-refractivity contribution is 0.102. The second kappa shape index (κ2) is 9.55. The lowest BCUT2D eigenvalue weighted by atomic mass is 10.1. The number of aromatic nitrogens is 1. The zero-order valence-electron chi connectivity index (χ0n) is 19.1. The number of carbonyl (C=O) groups excluding carboxylic acids is 1. The Balaban J connectivity index is 1.38. The Hall–Kier alpha value is -4.63. The van der Waals surface area contributed by atoms with Crippen LogP contribution in [0.25, 0.3) is 22.6 Å². The molecule has 0 aliphatic rings. The summed E-state index contributed by atoms with van der Waals surface area (Å²) in [6.07, 6.45) is 0. The van der Waals surface area contributed by atoms with E-state index < -0.39 is 15.9 Å². The molecule has 8 nitrogen and oxygen atoms in total. The van der Waals surface area contributed by atoms with Crippen LogP contribution < -0.4 is 14.8 Å². The summed E-state index contributed by atoms with van der Waals surface area (Å²) >= 11 is 0. The largest absolute Gasteiger partial charge is 0.497 e. The Morgan fingerprint density at radius 3 is 2.42 bits per heavy atom. The van der Waals surface area contributed by atoms with Gasteiger partial charge < -0.3 is 14.5 Å². The smallest absolute Gasteiger partial charge is 0.261 e. The van der Waals surface area contributed by atoms with Gasteiger partial charge in [0.15, 0.2) is 5.58 Å². The number of methoxy groups -OCH3 is 1. The van der Waals surface area contributed by atoms with Crippen molar-refractivity contribution in [2.24, 2.45) is 0 Å². The maximum Gasteiger partial charge on any atom is 0.261 e. The van der Waals surface area contributed by atoms with Crippen molar-refractivity contribution in [2.75, 3.05) is 17.1 Å². The summed E-state index contributed by atoms with van der Waals surface area (Å²) < 4.78 is 39.2. The highest BCUT2D eigenvalue weighted by molar-refractivity contribution is 7.92. The van der Waals surface area contributed by atoms with Crippen LogP contribution in [0.4, 0.5) is 11.4 Å². The summed E-state index contributed by atoms with van der Waals surface area (Å²) in [4.78, 5) is 17.7. The summed E-state index contributed by atoms with van der Waals surface area (Å²) in [7, 11) is -2.43. The third-order valence-electron chi connectivity index (χ3n) is 5.45. The normalized spacial score (nSPS) is 11.2. The molecule has 4 aromatic carbocycles. The lowest BCUT2D eigenvalue weighted by Gasteiger charge is -2.13. The number of hydrogen-bond donors (Lipinski definition) is 2. The van der Waals surface area contributed by atoms with E-state index in [0.717, 1.165) is 5.52 Å². The van der Waals surface area contributed by atoms with Crippen LogP contribution in [0.3, 0.4) is 0 Å². The summed E-state index contributed by atoms with van der Waals surface area (Å²) in [6.45, 7) is 0. The molecule has 9 heteroatoms. The first-order valence-corrected chi connectivity index (χ1v) is 12.4. The van der Waals surface area contributed by atoms with Crippen molar-refractivity contribution in [1.82, 2.24) is 4.98 Å². The summed E-state index contributed by atoms with van der Waals surface area (Å²) in [5, 5.41) is 2.82. The van der Waals surface area contributed by atoms with Crippen molar-refractivity contribution in [3.63, 3.8) is 0 Å². The zero-order chi connectivity index (χ0) is 25.1. The van der Waals surface area contributed by atoms with Gasteiger partial charge in [-0.3, -0.25) is 9.52 Å². The van der Waals surface area contributed by atoms with Gasteiger partial charge in [0.1, 0.15) is 11.3 Å². The molecule has 0 spiro atoms. The Bertz CT molecular complexity index is 1630. The topological polar surface area (TPSA) is 111 Å². The molecule has 0 bridgehead atoms. The molecule has 0 saturated heterocycles. The Morgan fingerprint density at radius 1 is 0.889 bits per heavy atom. The van der Waals surface area contributed by atoms with Gasteiger partial charge >= 0.3 is 0 Å². The number of nitrogens with one attached hydrogen (secondary N) is 2. The summed E-state index contributed by atoms with van der Waals surface area (Å²) in [5.41, 5.74) is 2.92. The second-order valence-electron chi connectivity index (χ2n) is 7.85. The second-order valence-corrected chi connectivity index (χ2v) is 9.53. The molecule has 180 valence electrons. The lowest BCUT2D eigenvalue weighted by Crippen LogP contribution is -2.18. The van der Waals surface area contributed by atoms with Crippen LogP contribution in [0.1, 0.15) is 10.4 Å². The third-order valence-corrected chi connectivity index (χ3v) is 6.83. The number of carbonyl (C=O) groups is 1. The third kappa shape index (κ3) is 4.77. The minimum absolute atomic E-state index is 0.0459. The minimum Gasteiger partial charge on any atom is -0.497 e. The highest BCUT2D eigenvalue weighted by atomic mass is 32.2. The molecule has 1 amide bonds. The molecule has 1 aromatic heterocycles. The van der Waals surface area contributed by atoms with Crippen molar-refractivity contribution in [1.29, 1.82) is 0 Å². The number of oxazole rings is 1. The standard InChI is InChI=1S/C27H21N3O5S/c1-34-20-13-15-21(16-14-20)36(32,33)30-23-10-3-2-9-22(23)26(31)28-19-8-6-7-18(17-19)27-29-24-11-4-5-12-25(24)35-27/h2-17,30H,1H3,(H,28,31). The summed E-state index contributed by atoms with van der Waals surface area (Å²) in [5.74, 6) is 0.492. The van der Waals surface area contributed by atoms with Crippen LogP contribution in [0, 0.1) is 0 Å². The van der Waals surface area contributed by atoms with Gasteiger partial charge in [-0.2, -0.15) is 0 Å². The maximum atomic E-state index is 13.1. The first-order chi connectivity index (χ1) is 17.4. The quantitative estimate of drug-likeness (QED) is 0.303. The van der Waals surface area contributed by atoms with Gasteiger partial charge in [-0.15, -0.1) is 0 Å². The number of benzene rings is 4. The first-order valence-electron chi connectivity index (χ1n) is 11.0. The number of hydrogen-bond acceptors (Lipinski definition) is 6. The first kappa shape index (κ1) is 23.1. The van der Waals surface area contributed by atoms with Crippen LogP contribution in [-0.4, -0.2) is 26.4 Å². The molecule has 2 N–H and O–H groups in total. The molecule has 0 aliphatic carbocycles. The number of sulfonamides is 1. The van der Waals surface area contributed by atoms with E-state index in [2.05, 4.69) is 15.0 Å². The molecular weight excluding hydrogens is 478 g/mol. The fourth-order valence-electron chi connectivity index (χ4n) is 3.65. The van der Waals surface area contributed by atoms with Crippen molar-refractivity contribution < 1.29 is 22.4 Å². The predicted molar refractivity (Wildman–Crippen MR) is 138 cm³/mol. The number of para-hydroxylation sites is 3. The molecule has 0 radical (unpaired) electrons. The maximum absolute atomic E-state index is 13.1. The monoisotopic (exact) mass is 499 g/mol. The molecule has 0 saturated carbocycles. The van der Waals surface area contributed by atoms with E-state index in [4.69, 9.17) is 9.15 Å². The molecule has 1 heterocycles. The van der Waals surface area contributed by atoms with Crippen LogP contribution in [0.5, 0.6) is 5.75 Å². The van der Waals surface area contributed by atoms with Gasteiger partial charge in [0.05, 0.1) is 23.3 Å². The van der Waals surface area contributed by atoms with Crippen molar-refractivity contribution >= 4 is 38.4 Å². The SMILES string of the molecule is COc1ccc(S(=O)(=O)Nc2ccccc2C(=O)Nc2cccc(-c3nc4ccccc4o3)c2)cc1. The fraction of sp³-hybridized carbons (Fsp3) is 0.0370. The van der Waals surface area contributed by atoms with Crippen LogP contribution >= 0.6 is 0 Å². The number of rotatable bonds is 7. The van der Waals surface area contributed by atoms with Crippen LogP contribution in [0.2, 0.25) is 0 Å². The van der Waals surface area contributed by atoms with Crippen LogP contribution in [0.15, 0.2) is 106 Å². The van der Waals surface area contributed by atoms with Gasteiger partial charge in [0.25, 0.3) is 15.9 Å². The molecule has 36 heavy (non-hydrogen) atoms. The molecule has 0 atom stereocenters. The number of nitrogens with zero attached hydrogens (tertiary/aromatic N) is 1. The van der Waals surface area contributed by atoms with Gasteiger partial charge in [-0.05, 0) is 66.7 Å². The number of amides is 1. The molecule has 0 unspecified atom stereocenters. The average Bonchev–Trinajstić information content (AvgIpc) is 3.33. The van der Waals surface area contributed by atoms with Gasteiger partial charge in [-0.25, -0.2) is 13.4 Å². The average molecular weight is 500 g/mol. The van der Waals surface area contributed by atoms with E-state index in [1.807, 2.05) is 30.3 Å². The van der Waals surface area contributed by atoms with E-state index in [1.165, 1.54) is 25.3 Å². The van der Waals surface area contributed by atoms with E-state index in [1.54, 1.807) is 48.5 Å². The minimum atomic E-state index is -3.93. The molecule has 5 rings (SSSR count). The molecular formula is C27H21N3O5S. The van der Waals surface area contributed by atoms with Gasteiger partial charge in [0.2, 0.25) is 5.89 Å². The molecule has 5 aromatic rings. The zero-order valence-corrected chi connectivity index (χ0v) is 20.0. The Labute approximate surface area is 207 Å². The number of anilines is 2. The highest BCUT2D eigenvalue weighted by Gasteiger charge is 2.19. The van der Waals surface area contributed by atoms with Crippen molar-refractivity contribution in [2.45, 2.75) is 4.90 Å². The molecule has 0 fully saturated rings. The van der Waals surface area contributed by atoms with Gasteiger partial charge in [0, 0.05) is 11.3 Å². The van der Waals surface area contributed by atoms with E-state index in [0.29, 0.717) is 28.5 Å². The fourth-order valence-corrected chi connectivity index (χ4v) is 4.73. The van der Waals surface area contributed by atoms with Crippen LogP contribution in [-0.2, 0) is 10.0 Å². The Kier molecular flexibility index (Phi) is 6.14. The van der Waals surface area contributed by atoms with E-state index in [9.17, 15) is 13.2 Å². The Morgan fingerprint density at radius 2 is 1.64 bits per heavy atom. The number of ether oxygens (including phenoxy) is 1. The van der Waals surface area contributed by atoms with Crippen molar-refractivity contribution in [3.05, 3.63) is 103 Å². The van der Waals surface area contributed by atoms with Gasteiger partial charge in [-0.1, -0.05) is 30.3 Å². The summed E-state index contributed by atoms with van der Waals surface area (Å²) in [6, 6.07) is 26.9. The molecule has 0 aliphatic heterocycles. The van der Waals surface area contributed by atoms with E-state index >= 15 is 0 Å². The highest BCUT2D eigenvalue weighted by Crippen LogP contribution is 2.27. The van der Waals surface area contributed by atoms with E-state index in [-0.39, 0.29) is 16.1 Å². The number of fused-ring (bicyclic) bond motifs is 1. The predicted octanol–water partition coefficient (Wildman–Crippen LogP) is 5.56. The van der Waals surface area contributed by atoms with Crippen molar-refractivity contribution in [3.8, 4) is 17.2 Å².